The minimum Gasteiger partial charge on any atom is -0.299 e. The topological polar surface area (TPSA) is 30.0 Å². The summed E-state index contributed by atoms with van der Waals surface area (Å²) in [6.07, 6.45) is 3.57. The maximum atomic E-state index is 12.2. The molecule has 0 aliphatic rings. The number of rotatable bonds is 4. The van der Waals surface area contributed by atoms with Gasteiger partial charge in [0.2, 0.25) is 0 Å². The predicted octanol–water partition coefficient (Wildman–Crippen LogP) is 3.65. The first-order valence-electron chi connectivity index (χ1n) is 5.84. The van der Waals surface area contributed by atoms with Crippen molar-refractivity contribution in [3.05, 3.63) is 64.9 Å². The van der Waals surface area contributed by atoms with E-state index in [4.69, 9.17) is 11.6 Å². The van der Waals surface area contributed by atoms with E-state index in [1.54, 1.807) is 18.5 Å². The maximum absolute atomic E-state index is 12.2. The molecule has 1 heterocycles. The Morgan fingerprint density at radius 2 is 2.00 bits per heavy atom. The lowest BCUT2D eigenvalue weighted by Crippen LogP contribution is -2.12. The van der Waals surface area contributed by atoms with Crippen LogP contribution in [0, 0.1) is 0 Å². The van der Waals surface area contributed by atoms with Crippen LogP contribution in [-0.2, 0) is 11.2 Å². The SMILES string of the molecule is CC(C(=O)Cc1ccncc1Cl)c1ccccc1. The predicted molar refractivity (Wildman–Crippen MR) is 72.8 cm³/mol. The molecule has 2 rings (SSSR count). The smallest absolute Gasteiger partial charge is 0.144 e. The van der Waals surface area contributed by atoms with Crippen molar-refractivity contribution < 1.29 is 4.79 Å². The first-order valence-corrected chi connectivity index (χ1v) is 6.22. The van der Waals surface area contributed by atoms with Gasteiger partial charge in [-0.2, -0.15) is 0 Å². The molecule has 1 atom stereocenters. The lowest BCUT2D eigenvalue weighted by molar-refractivity contribution is -0.119. The largest absolute Gasteiger partial charge is 0.299 e. The summed E-state index contributed by atoms with van der Waals surface area (Å²) >= 11 is 6.00. The molecular weight excluding hydrogens is 246 g/mol. The molecule has 0 amide bonds. The average molecular weight is 260 g/mol. The molecule has 1 aromatic carbocycles. The number of benzene rings is 1. The summed E-state index contributed by atoms with van der Waals surface area (Å²) in [5, 5.41) is 0.547. The fourth-order valence-electron chi connectivity index (χ4n) is 1.82. The van der Waals surface area contributed by atoms with Gasteiger partial charge in [-0.3, -0.25) is 9.78 Å². The normalized spacial score (nSPS) is 12.1. The molecular formula is C15H14ClNO. The molecule has 1 unspecified atom stereocenters. The molecule has 0 saturated heterocycles. The summed E-state index contributed by atoms with van der Waals surface area (Å²) in [7, 11) is 0. The summed E-state index contributed by atoms with van der Waals surface area (Å²) in [6, 6.07) is 11.6. The summed E-state index contributed by atoms with van der Waals surface area (Å²) < 4.78 is 0. The van der Waals surface area contributed by atoms with Crippen molar-refractivity contribution in [1.29, 1.82) is 0 Å². The number of aromatic nitrogens is 1. The molecule has 92 valence electrons. The number of hydrogen-bond acceptors (Lipinski definition) is 2. The van der Waals surface area contributed by atoms with Gasteiger partial charge in [0.15, 0.2) is 0 Å². The van der Waals surface area contributed by atoms with E-state index in [1.165, 1.54) is 0 Å². The highest BCUT2D eigenvalue weighted by Crippen LogP contribution is 2.20. The van der Waals surface area contributed by atoms with Gasteiger partial charge in [0.1, 0.15) is 5.78 Å². The second-order valence-electron chi connectivity index (χ2n) is 4.24. The summed E-state index contributed by atoms with van der Waals surface area (Å²) in [5.74, 6) is 0.0460. The molecule has 2 nitrogen and oxygen atoms in total. The average Bonchev–Trinajstić information content (AvgIpc) is 2.41. The van der Waals surface area contributed by atoms with Gasteiger partial charge in [0.05, 0.1) is 5.02 Å². The first kappa shape index (κ1) is 12.8. The van der Waals surface area contributed by atoms with E-state index in [0.29, 0.717) is 11.4 Å². The number of nitrogens with zero attached hydrogens (tertiary/aromatic N) is 1. The van der Waals surface area contributed by atoms with Gasteiger partial charge in [0, 0.05) is 24.7 Å². The van der Waals surface area contributed by atoms with Crippen molar-refractivity contribution in [1.82, 2.24) is 4.98 Å². The number of Topliss-reactive ketones (excluding diaryl/α,β-unsaturated/α-hetero) is 1. The molecule has 0 spiro atoms. The van der Waals surface area contributed by atoms with Gasteiger partial charge in [-0.1, -0.05) is 48.9 Å². The van der Waals surface area contributed by atoms with Gasteiger partial charge >= 0.3 is 0 Å². The third-order valence-corrected chi connectivity index (χ3v) is 3.34. The molecule has 0 radical (unpaired) electrons. The van der Waals surface area contributed by atoms with Crippen LogP contribution in [0.3, 0.4) is 0 Å². The van der Waals surface area contributed by atoms with E-state index in [0.717, 1.165) is 11.1 Å². The first-order chi connectivity index (χ1) is 8.68. The van der Waals surface area contributed by atoms with Crippen LogP contribution < -0.4 is 0 Å². The third-order valence-electron chi connectivity index (χ3n) is 3.00. The van der Waals surface area contributed by atoms with E-state index < -0.39 is 0 Å². The Morgan fingerprint density at radius 1 is 1.28 bits per heavy atom. The Balaban J connectivity index is 2.12. The molecule has 3 heteroatoms. The van der Waals surface area contributed by atoms with Crippen LogP contribution in [0.1, 0.15) is 24.0 Å². The number of carbonyl (C=O) groups excluding carboxylic acids is 1. The zero-order valence-electron chi connectivity index (χ0n) is 10.1. The number of carbonyl (C=O) groups is 1. The molecule has 0 fully saturated rings. The van der Waals surface area contributed by atoms with Gasteiger partial charge in [0.25, 0.3) is 0 Å². The van der Waals surface area contributed by atoms with Crippen LogP contribution in [-0.4, -0.2) is 10.8 Å². The fourth-order valence-corrected chi connectivity index (χ4v) is 2.00. The lowest BCUT2D eigenvalue weighted by Gasteiger charge is -2.11. The zero-order chi connectivity index (χ0) is 13.0. The van der Waals surface area contributed by atoms with Crippen LogP contribution >= 0.6 is 11.6 Å². The van der Waals surface area contributed by atoms with Crippen molar-refractivity contribution in [2.24, 2.45) is 0 Å². The molecule has 1 aromatic heterocycles. The second-order valence-corrected chi connectivity index (χ2v) is 4.65. The van der Waals surface area contributed by atoms with E-state index in [9.17, 15) is 4.79 Å². The molecule has 0 aliphatic heterocycles. The number of halogens is 1. The van der Waals surface area contributed by atoms with Crippen molar-refractivity contribution in [2.75, 3.05) is 0 Å². The quantitative estimate of drug-likeness (QED) is 0.839. The fraction of sp³-hybridized carbons (Fsp3) is 0.200. The minimum atomic E-state index is -0.115. The van der Waals surface area contributed by atoms with Crippen molar-refractivity contribution >= 4 is 17.4 Å². The summed E-state index contributed by atoms with van der Waals surface area (Å²) in [4.78, 5) is 16.1. The van der Waals surface area contributed by atoms with Crippen molar-refractivity contribution in [2.45, 2.75) is 19.3 Å². The summed E-state index contributed by atoms with van der Waals surface area (Å²) in [5.41, 5.74) is 1.87. The monoisotopic (exact) mass is 259 g/mol. The van der Waals surface area contributed by atoms with Gasteiger partial charge in [-0.15, -0.1) is 0 Å². The van der Waals surface area contributed by atoms with Crippen LogP contribution in [0.2, 0.25) is 5.02 Å². The highest BCUT2D eigenvalue weighted by molar-refractivity contribution is 6.31. The second kappa shape index (κ2) is 5.78. The molecule has 0 N–H and O–H groups in total. The van der Waals surface area contributed by atoms with Crippen molar-refractivity contribution in [3.63, 3.8) is 0 Å². The van der Waals surface area contributed by atoms with Crippen LogP contribution in [0.25, 0.3) is 0 Å². The maximum Gasteiger partial charge on any atom is 0.144 e. The standard InChI is InChI=1S/C15H14ClNO/c1-11(12-5-3-2-4-6-12)15(18)9-13-7-8-17-10-14(13)16/h2-8,10-11H,9H2,1H3. The third kappa shape index (κ3) is 2.96. The molecule has 2 aromatic rings. The highest BCUT2D eigenvalue weighted by Gasteiger charge is 2.16. The van der Waals surface area contributed by atoms with Gasteiger partial charge < -0.3 is 0 Å². The van der Waals surface area contributed by atoms with Crippen molar-refractivity contribution in [3.8, 4) is 0 Å². The Kier molecular flexibility index (Phi) is 4.11. The van der Waals surface area contributed by atoms with E-state index in [-0.39, 0.29) is 11.7 Å². The molecule has 0 aliphatic carbocycles. The minimum absolute atomic E-state index is 0.115. The number of hydrogen-bond donors (Lipinski definition) is 0. The van der Waals surface area contributed by atoms with E-state index in [2.05, 4.69) is 4.98 Å². The Labute approximate surface area is 112 Å². The van der Waals surface area contributed by atoms with Gasteiger partial charge in [-0.05, 0) is 17.2 Å². The Hall–Kier alpha value is -1.67. The lowest BCUT2D eigenvalue weighted by atomic mass is 9.93. The zero-order valence-corrected chi connectivity index (χ0v) is 10.9. The van der Waals surface area contributed by atoms with Crippen LogP contribution in [0.5, 0.6) is 0 Å². The number of ketones is 1. The van der Waals surface area contributed by atoms with Crippen LogP contribution in [0.15, 0.2) is 48.8 Å². The Bertz CT molecular complexity index is 539. The summed E-state index contributed by atoms with van der Waals surface area (Å²) in [6.45, 7) is 1.92. The molecule has 18 heavy (non-hydrogen) atoms. The van der Waals surface area contributed by atoms with Gasteiger partial charge in [-0.25, -0.2) is 0 Å². The van der Waals surface area contributed by atoms with Crippen LogP contribution in [0.4, 0.5) is 0 Å². The highest BCUT2D eigenvalue weighted by atomic mass is 35.5. The molecule has 0 saturated carbocycles. The van der Waals surface area contributed by atoms with E-state index >= 15 is 0 Å². The molecule has 0 bridgehead atoms. The van der Waals surface area contributed by atoms with E-state index in [1.807, 2.05) is 37.3 Å². The number of pyridine rings is 1. The Morgan fingerprint density at radius 3 is 2.67 bits per heavy atom.